The minimum Gasteiger partial charge on any atom is -0.495 e. The largest absolute Gasteiger partial charge is 0.495 e. The van der Waals surface area contributed by atoms with Crippen LogP contribution in [0.3, 0.4) is 0 Å². The highest BCUT2D eigenvalue weighted by Crippen LogP contribution is 2.27. The Morgan fingerprint density at radius 2 is 1.95 bits per heavy atom. The SMILES string of the molecule is COCCCNC(=O)CN(C(C)=O)c1ccccc1OC. The van der Waals surface area contributed by atoms with Crippen LogP contribution in [0, 0.1) is 0 Å². The van der Waals surface area contributed by atoms with E-state index in [1.165, 1.54) is 18.9 Å². The van der Waals surface area contributed by atoms with Gasteiger partial charge in [0.15, 0.2) is 0 Å². The second-order valence-corrected chi connectivity index (χ2v) is 4.47. The Bertz CT molecular complexity index is 476. The topological polar surface area (TPSA) is 67.9 Å². The molecule has 1 rings (SSSR count). The van der Waals surface area contributed by atoms with Crippen molar-refractivity contribution in [1.82, 2.24) is 5.32 Å². The first-order valence-electron chi connectivity index (χ1n) is 6.77. The fraction of sp³-hybridized carbons (Fsp3) is 0.467. The quantitative estimate of drug-likeness (QED) is 0.732. The number of hydrogen-bond acceptors (Lipinski definition) is 4. The van der Waals surface area contributed by atoms with Crippen molar-refractivity contribution in [3.63, 3.8) is 0 Å². The lowest BCUT2D eigenvalue weighted by Gasteiger charge is -2.22. The Hall–Kier alpha value is -2.08. The molecule has 0 bridgehead atoms. The van der Waals surface area contributed by atoms with E-state index in [4.69, 9.17) is 9.47 Å². The maximum Gasteiger partial charge on any atom is 0.240 e. The molecule has 1 aromatic carbocycles. The first-order valence-corrected chi connectivity index (χ1v) is 6.77. The number of methoxy groups -OCH3 is 2. The van der Waals surface area contributed by atoms with Crippen molar-refractivity contribution in [2.75, 3.05) is 38.8 Å². The Kier molecular flexibility index (Phi) is 7.25. The molecule has 0 fully saturated rings. The molecule has 0 aliphatic rings. The van der Waals surface area contributed by atoms with Crippen molar-refractivity contribution in [2.24, 2.45) is 0 Å². The average Bonchev–Trinajstić information content (AvgIpc) is 2.49. The summed E-state index contributed by atoms with van der Waals surface area (Å²) in [6.07, 6.45) is 0.733. The number of ether oxygens (including phenoxy) is 2. The van der Waals surface area contributed by atoms with E-state index in [9.17, 15) is 9.59 Å². The molecule has 21 heavy (non-hydrogen) atoms. The van der Waals surface area contributed by atoms with Crippen LogP contribution in [-0.2, 0) is 14.3 Å². The summed E-state index contributed by atoms with van der Waals surface area (Å²) >= 11 is 0. The third kappa shape index (κ3) is 5.43. The summed E-state index contributed by atoms with van der Waals surface area (Å²) in [5.41, 5.74) is 0.583. The van der Waals surface area contributed by atoms with Gasteiger partial charge in [0.05, 0.1) is 12.8 Å². The summed E-state index contributed by atoms with van der Waals surface area (Å²) in [6, 6.07) is 7.11. The summed E-state index contributed by atoms with van der Waals surface area (Å²) in [4.78, 5) is 25.1. The molecule has 2 amide bonds. The Balaban J connectivity index is 2.70. The normalized spacial score (nSPS) is 10.0. The average molecular weight is 294 g/mol. The molecule has 0 radical (unpaired) electrons. The lowest BCUT2D eigenvalue weighted by atomic mass is 10.2. The van der Waals surface area contributed by atoms with E-state index >= 15 is 0 Å². The lowest BCUT2D eigenvalue weighted by molar-refractivity contribution is -0.123. The second kappa shape index (κ2) is 8.97. The van der Waals surface area contributed by atoms with E-state index in [-0.39, 0.29) is 18.4 Å². The minimum atomic E-state index is -0.216. The smallest absolute Gasteiger partial charge is 0.240 e. The summed E-state index contributed by atoms with van der Waals surface area (Å²) in [5.74, 6) is 0.124. The van der Waals surface area contributed by atoms with Crippen molar-refractivity contribution in [1.29, 1.82) is 0 Å². The van der Waals surface area contributed by atoms with Crippen molar-refractivity contribution < 1.29 is 19.1 Å². The van der Waals surface area contributed by atoms with E-state index in [1.54, 1.807) is 25.3 Å². The Morgan fingerprint density at radius 1 is 1.24 bits per heavy atom. The second-order valence-electron chi connectivity index (χ2n) is 4.47. The van der Waals surface area contributed by atoms with Gasteiger partial charge < -0.3 is 14.8 Å². The predicted molar refractivity (Wildman–Crippen MR) is 80.5 cm³/mol. The number of para-hydroxylation sites is 2. The van der Waals surface area contributed by atoms with Gasteiger partial charge in [0.2, 0.25) is 11.8 Å². The molecule has 116 valence electrons. The lowest BCUT2D eigenvalue weighted by Crippen LogP contribution is -2.40. The van der Waals surface area contributed by atoms with Crippen molar-refractivity contribution in [2.45, 2.75) is 13.3 Å². The molecule has 1 aromatic rings. The molecule has 0 aliphatic carbocycles. The van der Waals surface area contributed by atoms with Gasteiger partial charge in [0, 0.05) is 27.2 Å². The van der Waals surface area contributed by atoms with Gasteiger partial charge in [-0.1, -0.05) is 12.1 Å². The third-order valence-electron chi connectivity index (χ3n) is 2.91. The van der Waals surface area contributed by atoms with Crippen LogP contribution in [0.25, 0.3) is 0 Å². The van der Waals surface area contributed by atoms with Crippen molar-refractivity contribution in [3.8, 4) is 5.75 Å². The van der Waals surface area contributed by atoms with E-state index < -0.39 is 0 Å². The standard InChI is InChI=1S/C15H22N2O4/c1-12(18)17(11-15(19)16-9-6-10-20-2)13-7-4-5-8-14(13)21-3/h4-5,7-8H,6,9-11H2,1-3H3,(H,16,19). The fourth-order valence-electron chi connectivity index (χ4n) is 1.86. The zero-order valence-corrected chi connectivity index (χ0v) is 12.7. The van der Waals surface area contributed by atoms with Crippen LogP contribution in [-0.4, -0.2) is 45.7 Å². The highest BCUT2D eigenvalue weighted by atomic mass is 16.5. The van der Waals surface area contributed by atoms with Crippen LogP contribution >= 0.6 is 0 Å². The van der Waals surface area contributed by atoms with E-state index in [0.717, 1.165) is 6.42 Å². The monoisotopic (exact) mass is 294 g/mol. The molecule has 1 N–H and O–H groups in total. The number of nitrogens with zero attached hydrogens (tertiary/aromatic N) is 1. The molecule has 0 heterocycles. The molecule has 0 atom stereocenters. The van der Waals surface area contributed by atoms with E-state index in [1.807, 2.05) is 6.07 Å². The minimum absolute atomic E-state index is 0.0390. The number of carbonyl (C=O) groups is 2. The number of benzene rings is 1. The van der Waals surface area contributed by atoms with Gasteiger partial charge >= 0.3 is 0 Å². The number of amides is 2. The molecule has 0 aromatic heterocycles. The molecule has 0 saturated carbocycles. The van der Waals surface area contributed by atoms with Crippen LogP contribution in [0.1, 0.15) is 13.3 Å². The van der Waals surface area contributed by atoms with E-state index in [2.05, 4.69) is 5.32 Å². The van der Waals surface area contributed by atoms with Gasteiger partial charge in [-0.2, -0.15) is 0 Å². The Labute approximate surface area is 125 Å². The maximum atomic E-state index is 11.9. The summed E-state index contributed by atoms with van der Waals surface area (Å²) in [6.45, 7) is 2.49. The van der Waals surface area contributed by atoms with Crippen LogP contribution in [0.15, 0.2) is 24.3 Å². The molecule has 0 aliphatic heterocycles. The fourth-order valence-corrected chi connectivity index (χ4v) is 1.86. The first-order chi connectivity index (χ1) is 10.1. The third-order valence-corrected chi connectivity index (χ3v) is 2.91. The van der Waals surface area contributed by atoms with Crippen molar-refractivity contribution in [3.05, 3.63) is 24.3 Å². The summed E-state index contributed by atoms with van der Waals surface area (Å²) < 4.78 is 10.1. The van der Waals surface area contributed by atoms with Gasteiger partial charge in [-0.3, -0.25) is 14.5 Å². The molecule has 6 heteroatoms. The molecule has 0 saturated heterocycles. The predicted octanol–water partition coefficient (Wildman–Crippen LogP) is 1.20. The number of hydrogen-bond donors (Lipinski definition) is 1. The van der Waals surface area contributed by atoms with Gasteiger partial charge in [0.25, 0.3) is 0 Å². The first kappa shape index (κ1) is 17.0. The van der Waals surface area contributed by atoms with Crippen LogP contribution in [0.4, 0.5) is 5.69 Å². The number of rotatable bonds is 8. The number of nitrogens with one attached hydrogen (secondary N) is 1. The van der Waals surface area contributed by atoms with Crippen LogP contribution < -0.4 is 15.0 Å². The molecule has 6 nitrogen and oxygen atoms in total. The zero-order chi connectivity index (χ0) is 15.7. The van der Waals surface area contributed by atoms with Crippen LogP contribution in [0.5, 0.6) is 5.75 Å². The van der Waals surface area contributed by atoms with Gasteiger partial charge in [-0.25, -0.2) is 0 Å². The van der Waals surface area contributed by atoms with Gasteiger partial charge in [-0.05, 0) is 18.6 Å². The van der Waals surface area contributed by atoms with Crippen molar-refractivity contribution >= 4 is 17.5 Å². The number of carbonyl (C=O) groups excluding carboxylic acids is 2. The van der Waals surface area contributed by atoms with Gasteiger partial charge in [0.1, 0.15) is 12.3 Å². The Morgan fingerprint density at radius 3 is 2.57 bits per heavy atom. The molecular formula is C15H22N2O4. The molecule has 0 spiro atoms. The summed E-state index contributed by atoms with van der Waals surface area (Å²) in [7, 11) is 3.14. The number of anilines is 1. The maximum absolute atomic E-state index is 11.9. The highest BCUT2D eigenvalue weighted by molar-refractivity contribution is 5.98. The zero-order valence-electron chi connectivity index (χ0n) is 12.7. The van der Waals surface area contributed by atoms with Gasteiger partial charge in [-0.15, -0.1) is 0 Å². The van der Waals surface area contributed by atoms with Crippen LogP contribution in [0.2, 0.25) is 0 Å². The highest BCUT2D eigenvalue weighted by Gasteiger charge is 2.18. The van der Waals surface area contributed by atoms with E-state index in [0.29, 0.717) is 24.6 Å². The molecule has 0 unspecified atom stereocenters. The molecular weight excluding hydrogens is 272 g/mol. The summed E-state index contributed by atoms with van der Waals surface area (Å²) in [5, 5.41) is 2.76.